The average molecular weight is 456 g/mol. The monoisotopic (exact) mass is 455 g/mol. The number of piperidine rings is 1. The lowest BCUT2D eigenvalue weighted by Crippen LogP contribution is -2.33. The van der Waals surface area contributed by atoms with Gasteiger partial charge in [0, 0.05) is 23.9 Å². The van der Waals surface area contributed by atoms with Crippen LogP contribution in [0.1, 0.15) is 61.8 Å². The molecule has 1 atom stereocenters. The third kappa shape index (κ3) is 4.53. The number of aliphatic hydroxyl groups is 1. The number of nitrogens with zero attached hydrogens (tertiary/aromatic N) is 2. The van der Waals surface area contributed by atoms with Crippen LogP contribution in [-0.2, 0) is 23.4 Å². The van der Waals surface area contributed by atoms with Gasteiger partial charge in [0.15, 0.2) is 0 Å². The highest BCUT2D eigenvalue weighted by Gasteiger charge is 2.25. The summed E-state index contributed by atoms with van der Waals surface area (Å²) in [5.41, 5.74) is 1.05. The van der Waals surface area contributed by atoms with Gasteiger partial charge in [-0.3, -0.25) is 9.59 Å². The molecule has 2 heterocycles. The molecule has 6 nitrogen and oxygen atoms in total. The number of hydrogen-bond acceptors (Lipinski definition) is 4. The summed E-state index contributed by atoms with van der Waals surface area (Å²) < 4.78 is 30.9. The number of halogens is 2. The van der Waals surface area contributed by atoms with Gasteiger partial charge in [-0.25, -0.2) is 13.5 Å². The quantitative estimate of drug-likeness (QED) is 0.631. The fourth-order valence-corrected chi connectivity index (χ4v) is 4.35. The van der Waals surface area contributed by atoms with E-state index < -0.39 is 17.2 Å². The zero-order valence-corrected chi connectivity index (χ0v) is 18.9. The zero-order valence-electron chi connectivity index (χ0n) is 18.9. The molecule has 1 aromatic heterocycles. The lowest BCUT2D eigenvalue weighted by atomic mass is 9.86. The first-order valence-electron chi connectivity index (χ1n) is 11.0. The Bertz CT molecular complexity index is 1290. The Morgan fingerprint density at radius 3 is 2.55 bits per heavy atom. The van der Waals surface area contributed by atoms with E-state index in [4.69, 9.17) is 0 Å². The number of aliphatic hydroxyl groups excluding tert-OH is 1. The third-order valence-electron chi connectivity index (χ3n) is 6.26. The number of carbonyl (C=O) groups is 1. The SMILES string of the molecule is CC(C)(C)c1cc(F)c2c(=O)n(Cc3cc(CO)c(C4CCNC(=O)C4)cc3F)ncc2c1. The fourth-order valence-electron chi connectivity index (χ4n) is 4.35. The minimum atomic E-state index is -0.650. The van der Waals surface area contributed by atoms with Crippen LogP contribution in [-0.4, -0.2) is 27.3 Å². The van der Waals surface area contributed by atoms with Crippen molar-refractivity contribution in [3.8, 4) is 0 Å². The Morgan fingerprint density at radius 2 is 1.88 bits per heavy atom. The van der Waals surface area contributed by atoms with Crippen LogP contribution in [0, 0.1) is 11.6 Å². The van der Waals surface area contributed by atoms with Crippen LogP contribution >= 0.6 is 0 Å². The van der Waals surface area contributed by atoms with Crippen molar-refractivity contribution in [2.45, 2.75) is 58.1 Å². The molecule has 2 aromatic carbocycles. The molecule has 1 saturated heterocycles. The Balaban J connectivity index is 1.72. The van der Waals surface area contributed by atoms with Gasteiger partial charge in [-0.1, -0.05) is 20.8 Å². The van der Waals surface area contributed by atoms with Crippen molar-refractivity contribution in [1.29, 1.82) is 0 Å². The first kappa shape index (κ1) is 23.0. The largest absolute Gasteiger partial charge is 0.392 e. The van der Waals surface area contributed by atoms with Gasteiger partial charge in [0.05, 0.1) is 24.7 Å². The van der Waals surface area contributed by atoms with Crippen molar-refractivity contribution in [1.82, 2.24) is 15.1 Å². The minimum absolute atomic E-state index is 0.0920. The van der Waals surface area contributed by atoms with E-state index >= 15 is 4.39 Å². The minimum Gasteiger partial charge on any atom is -0.392 e. The Kier molecular flexibility index (Phi) is 6.05. The van der Waals surface area contributed by atoms with Crippen molar-refractivity contribution in [2.75, 3.05) is 6.54 Å². The predicted octanol–water partition coefficient (Wildman–Crippen LogP) is 3.51. The molecule has 0 saturated carbocycles. The Hall–Kier alpha value is -3.13. The van der Waals surface area contributed by atoms with Crippen LogP contribution in [0.4, 0.5) is 8.78 Å². The molecule has 2 N–H and O–H groups in total. The molecule has 0 aliphatic carbocycles. The highest BCUT2D eigenvalue weighted by atomic mass is 19.1. The highest BCUT2D eigenvalue weighted by Crippen LogP contribution is 2.31. The van der Waals surface area contributed by atoms with Crippen LogP contribution in [0.5, 0.6) is 0 Å². The maximum atomic E-state index is 15.0. The number of carbonyl (C=O) groups excluding carboxylic acids is 1. The number of aromatic nitrogens is 2. The summed E-state index contributed by atoms with van der Waals surface area (Å²) in [6, 6.07) is 5.92. The lowest BCUT2D eigenvalue weighted by Gasteiger charge is -2.25. The number of fused-ring (bicyclic) bond motifs is 1. The van der Waals surface area contributed by atoms with Crippen molar-refractivity contribution >= 4 is 16.7 Å². The van der Waals surface area contributed by atoms with Gasteiger partial charge in [0.25, 0.3) is 5.56 Å². The molecule has 1 aliphatic rings. The summed E-state index contributed by atoms with van der Waals surface area (Å²) in [5, 5.41) is 17.0. The molecule has 1 unspecified atom stereocenters. The van der Waals surface area contributed by atoms with Crippen LogP contribution in [0.25, 0.3) is 10.8 Å². The summed E-state index contributed by atoms with van der Waals surface area (Å²) in [6.45, 7) is 5.81. The Morgan fingerprint density at radius 1 is 1.12 bits per heavy atom. The van der Waals surface area contributed by atoms with Crippen molar-refractivity contribution in [3.05, 3.63) is 74.7 Å². The van der Waals surface area contributed by atoms with E-state index in [0.717, 1.165) is 10.2 Å². The average Bonchev–Trinajstić information content (AvgIpc) is 2.75. The van der Waals surface area contributed by atoms with Crippen molar-refractivity contribution in [2.24, 2.45) is 0 Å². The van der Waals surface area contributed by atoms with Gasteiger partial charge >= 0.3 is 0 Å². The molecule has 0 radical (unpaired) electrons. The molecule has 1 amide bonds. The molecular weight excluding hydrogens is 428 g/mol. The second-order valence-corrected chi connectivity index (χ2v) is 9.62. The Labute approximate surface area is 190 Å². The van der Waals surface area contributed by atoms with E-state index in [1.165, 1.54) is 24.4 Å². The topological polar surface area (TPSA) is 84.2 Å². The molecule has 0 spiro atoms. The number of benzene rings is 2. The van der Waals surface area contributed by atoms with E-state index in [1.54, 1.807) is 6.07 Å². The van der Waals surface area contributed by atoms with Crippen LogP contribution in [0.15, 0.2) is 35.3 Å². The molecule has 33 heavy (non-hydrogen) atoms. The van der Waals surface area contributed by atoms with Gasteiger partial charge in [0.1, 0.15) is 11.6 Å². The van der Waals surface area contributed by atoms with Crippen LogP contribution in [0.2, 0.25) is 0 Å². The standard InChI is InChI=1S/C25H27F2N3O3/c1-25(2,3)18-7-15-11-29-30(24(33)23(15)21(27)9-18)12-16-6-17(13-31)19(10-20(16)26)14-4-5-28-22(32)8-14/h6-7,9-11,14,31H,4-5,8,12-13H2,1-3H3,(H,28,32). The molecule has 3 aromatic rings. The summed E-state index contributed by atoms with van der Waals surface area (Å²) in [7, 11) is 0. The summed E-state index contributed by atoms with van der Waals surface area (Å²) in [6.07, 6.45) is 2.29. The number of nitrogens with one attached hydrogen (secondary N) is 1. The fraction of sp³-hybridized carbons (Fsp3) is 0.400. The van der Waals surface area contributed by atoms with Crippen LogP contribution in [0.3, 0.4) is 0 Å². The predicted molar refractivity (Wildman–Crippen MR) is 121 cm³/mol. The smallest absolute Gasteiger partial charge is 0.277 e. The van der Waals surface area contributed by atoms with E-state index in [2.05, 4.69) is 10.4 Å². The molecule has 1 fully saturated rings. The maximum Gasteiger partial charge on any atom is 0.277 e. The molecule has 0 bridgehead atoms. The summed E-state index contributed by atoms with van der Waals surface area (Å²) in [4.78, 5) is 24.7. The zero-order chi connectivity index (χ0) is 23.9. The first-order chi connectivity index (χ1) is 15.6. The molecule has 8 heteroatoms. The van der Waals surface area contributed by atoms with E-state index in [0.29, 0.717) is 29.5 Å². The lowest BCUT2D eigenvalue weighted by molar-refractivity contribution is -0.122. The third-order valence-corrected chi connectivity index (χ3v) is 6.26. The molecule has 174 valence electrons. The van der Waals surface area contributed by atoms with Gasteiger partial charge in [-0.15, -0.1) is 0 Å². The summed E-state index contributed by atoms with van der Waals surface area (Å²) >= 11 is 0. The van der Waals surface area contributed by atoms with Crippen molar-refractivity contribution in [3.63, 3.8) is 0 Å². The summed E-state index contributed by atoms with van der Waals surface area (Å²) in [5.74, 6) is -1.49. The van der Waals surface area contributed by atoms with E-state index in [9.17, 15) is 19.1 Å². The van der Waals surface area contributed by atoms with Crippen LogP contribution < -0.4 is 10.9 Å². The van der Waals surface area contributed by atoms with Crippen molar-refractivity contribution < 1.29 is 18.7 Å². The van der Waals surface area contributed by atoms with Gasteiger partial charge in [-0.05, 0) is 58.7 Å². The normalized spacial score (nSPS) is 16.8. The van der Waals surface area contributed by atoms with Gasteiger partial charge in [-0.2, -0.15) is 5.10 Å². The number of rotatable bonds is 4. The highest BCUT2D eigenvalue weighted by molar-refractivity contribution is 5.82. The van der Waals surface area contributed by atoms with E-state index in [1.807, 2.05) is 20.8 Å². The number of amides is 1. The second-order valence-electron chi connectivity index (χ2n) is 9.62. The van der Waals surface area contributed by atoms with E-state index in [-0.39, 0.29) is 47.8 Å². The second kappa shape index (κ2) is 8.67. The molecule has 4 rings (SSSR count). The number of hydrogen-bond donors (Lipinski definition) is 2. The first-order valence-corrected chi connectivity index (χ1v) is 11.0. The van der Waals surface area contributed by atoms with Gasteiger partial charge < -0.3 is 10.4 Å². The molecular formula is C25H27F2N3O3. The van der Waals surface area contributed by atoms with Gasteiger partial charge in [0.2, 0.25) is 5.91 Å². The molecule has 1 aliphatic heterocycles. The maximum absolute atomic E-state index is 15.0.